The van der Waals surface area contributed by atoms with Crippen molar-refractivity contribution in [3.05, 3.63) is 47.9 Å². The first kappa shape index (κ1) is 20.7. The van der Waals surface area contributed by atoms with E-state index in [1.807, 2.05) is 24.3 Å². The number of nitrogens with zero attached hydrogens (tertiary/aromatic N) is 1. The molecule has 0 spiro atoms. The average molecular weight is 415 g/mol. The van der Waals surface area contributed by atoms with Crippen molar-refractivity contribution in [2.75, 3.05) is 11.1 Å². The number of thioether (sulfide) groups is 1. The number of hydrogen-bond donors (Lipinski definition) is 2. The Balaban J connectivity index is 1.49. The molecule has 0 unspecified atom stereocenters. The Morgan fingerprint density at radius 1 is 1.28 bits per heavy atom. The zero-order valence-corrected chi connectivity index (χ0v) is 17.0. The summed E-state index contributed by atoms with van der Waals surface area (Å²) < 4.78 is 10.1. The Kier molecular flexibility index (Phi) is 6.38. The summed E-state index contributed by atoms with van der Waals surface area (Å²) >= 11 is 1.11. The Bertz CT molecular complexity index is 1040. The molecule has 2 heterocycles. The second-order valence-corrected chi connectivity index (χ2v) is 7.84. The molecule has 0 aliphatic rings. The number of rotatable bonds is 8. The van der Waals surface area contributed by atoms with E-state index in [9.17, 15) is 14.4 Å². The molecular weight excluding hydrogens is 394 g/mol. The number of fused-ring (bicyclic) bond motifs is 1. The number of hydrogen-bond acceptors (Lipinski definition) is 7. The number of ether oxygens (including phenoxy) is 1. The van der Waals surface area contributed by atoms with Crippen molar-refractivity contribution in [2.45, 2.75) is 32.1 Å². The summed E-state index contributed by atoms with van der Waals surface area (Å²) in [4.78, 5) is 39.9. The molecule has 3 aromatic rings. The number of anilines is 1. The summed E-state index contributed by atoms with van der Waals surface area (Å²) in [6, 6.07) is 9.01. The van der Waals surface area contributed by atoms with Crippen LogP contribution in [0.1, 0.15) is 30.0 Å². The van der Waals surface area contributed by atoms with E-state index in [-0.39, 0.29) is 17.4 Å². The lowest BCUT2D eigenvalue weighted by atomic mass is 10.1. The van der Waals surface area contributed by atoms with Crippen LogP contribution in [0.4, 0.5) is 5.82 Å². The summed E-state index contributed by atoms with van der Waals surface area (Å²) in [5.41, 5.74) is 1.32. The van der Waals surface area contributed by atoms with Crippen LogP contribution in [0.5, 0.6) is 0 Å². The fraction of sp³-hybridized carbons (Fsp3) is 0.300. The van der Waals surface area contributed by atoms with E-state index >= 15 is 0 Å². The molecule has 0 radical (unpaired) electrons. The second kappa shape index (κ2) is 8.95. The van der Waals surface area contributed by atoms with Gasteiger partial charge in [0.2, 0.25) is 11.7 Å². The number of amides is 1. The molecule has 2 N–H and O–H groups in total. The number of benzene rings is 1. The quantitative estimate of drug-likeness (QED) is 0.428. The first-order valence-corrected chi connectivity index (χ1v) is 10.1. The number of ketones is 1. The summed E-state index contributed by atoms with van der Waals surface area (Å²) in [5, 5.41) is 6.56. The monoisotopic (exact) mass is 415 g/mol. The molecule has 2 aromatic heterocycles. The van der Waals surface area contributed by atoms with Crippen LogP contribution >= 0.6 is 11.8 Å². The third kappa shape index (κ3) is 5.05. The molecule has 0 saturated carbocycles. The van der Waals surface area contributed by atoms with Crippen LogP contribution in [0.15, 0.2) is 41.1 Å². The highest BCUT2D eigenvalue weighted by Gasteiger charge is 2.23. The first-order valence-electron chi connectivity index (χ1n) is 9.00. The van der Waals surface area contributed by atoms with E-state index < -0.39 is 17.3 Å². The van der Waals surface area contributed by atoms with Crippen LogP contribution in [0.25, 0.3) is 10.9 Å². The van der Waals surface area contributed by atoms with Gasteiger partial charge in [-0.15, -0.1) is 11.8 Å². The van der Waals surface area contributed by atoms with Gasteiger partial charge in [-0.25, -0.2) is 0 Å². The van der Waals surface area contributed by atoms with Crippen LogP contribution in [0.2, 0.25) is 0 Å². The molecule has 3 rings (SSSR count). The predicted octanol–water partition coefficient (Wildman–Crippen LogP) is 3.34. The second-order valence-electron chi connectivity index (χ2n) is 6.51. The lowest BCUT2D eigenvalue weighted by Gasteiger charge is -2.13. The van der Waals surface area contributed by atoms with E-state index in [4.69, 9.17) is 9.26 Å². The van der Waals surface area contributed by atoms with Gasteiger partial charge in [-0.3, -0.25) is 14.4 Å². The average Bonchev–Trinajstić information content (AvgIpc) is 3.31. The molecule has 0 fully saturated rings. The third-order valence-electron chi connectivity index (χ3n) is 4.23. The van der Waals surface area contributed by atoms with Crippen LogP contribution in [-0.4, -0.2) is 44.9 Å². The molecule has 1 amide bonds. The Labute approximate surface area is 171 Å². The number of esters is 1. The topological polar surface area (TPSA) is 114 Å². The number of para-hydroxylation sites is 1. The Hall–Kier alpha value is -3.07. The van der Waals surface area contributed by atoms with E-state index in [1.54, 1.807) is 26.1 Å². The number of carbonyl (C=O) groups is 3. The van der Waals surface area contributed by atoms with Crippen LogP contribution < -0.4 is 5.32 Å². The van der Waals surface area contributed by atoms with Gasteiger partial charge in [-0.05, 0) is 26.8 Å². The third-order valence-corrected chi connectivity index (χ3v) is 5.35. The Morgan fingerprint density at radius 3 is 2.76 bits per heavy atom. The van der Waals surface area contributed by atoms with Crippen molar-refractivity contribution in [2.24, 2.45) is 0 Å². The van der Waals surface area contributed by atoms with Crippen LogP contribution in [-0.2, 0) is 14.3 Å². The number of aromatic amines is 1. The van der Waals surface area contributed by atoms with Crippen molar-refractivity contribution in [1.82, 2.24) is 10.1 Å². The number of carbonyl (C=O) groups excluding carboxylic acids is 3. The highest BCUT2D eigenvalue weighted by atomic mass is 32.2. The van der Waals surface area contributed by atoms with Crippen molar-refractivity contribution in [3.63, 3.8) is 0 Å². The number of nitrogens with one attached hydrogen (secondary N) is 2. The van der Waals surface area contributed by atoms with Gasteiger partial charge in [-0.1, -0.05) is 23.4 Å². The first-order chi connectivity index (χ1) is 13.8. The molecule has 2 atom stereocenters. The maximum Gasteiger partial charge on any atom is 0.316 e. The van der Waals surface area contributed by atoms with E-state index in [1.165, 1.54) is 6.92 Å². The van der Waals surface area contributed by atoms with E-state index in [0.717, 1.165) is 22.7 Å². The zero-order valence-electron chi connectivity index (χ0n) is 16.2. The molecule has 1 aromatic carbocycles. The molecule has 0 bridgehead atoms. The van der Waals surface area contributed by atoms with Crippen LogP contribution in [0, 0.1) is 6.92 Å². The minimum Gasteiger partial charge on any atom is -0.454 e. The van der Waals surface area contributed by atoms with Gasteiger partial charge in [0.15, 0.2) is 11.9 Å². The van der Waals surface area contributed by atoms with Crippen molar-refractivity contribution >= 4 is 46.1 Å². The van der Waals surface area contributed by atoms with Gasteiger partial charge in [-0.2, -0.15) is 0 Å². The largest absolute Gasteiger partial charge is 0.454 e. The molecule has 0 aliphatic heterocycles. The van der Waals surface area contributed by atoms with Gasteiger partial charge in [0, 0.05) is 28.7 Å². The van der Waals surface area contributed by atoms with E-state index in [0.29, 0.717) is 17.1 Å². The summed E-state index contributed by atoms with van der Waals surface area (Å²) in [7, 11) is 0. The van der Waals surface area contributed by atoms with Crippen LogP contribution in [0.3, 0.4) is 0 Å². The van der Waals surface area contributed by atoms with Gasteiger partial charge in [0.05, 0.1) is 11.0 Å². The fourth-order valence-electron chi connectivity index (χ4n) is 2.70. The molecule has 8 nitrogen and oxygen atoms in total. The zero-order chi connectivity index (χ0) is 21.0. The maximum atomic E-state index is 12.6. The lowest BCUT2D eigenvalue weighted by Crippen LogP contribution is -2.27. The fourth-order valence-corrected chi connectivity index (χ4v) is 3.37. The predicted molar refractivity (Wildman–Crippen MR) is 110 cm³/mol. The molecule has 0 aliphatic carbocycles. The van der Waals surface area contributed by atoms with Gasteiger partial charge < -0.3 is 19.6 Å². The normalized spacial score (nSPS) is 13.1. The van der Waals surface area contributed by atoms with Gasteiger partial charge >= 0.3 is 5.97 Å². The molecular formula is C20H21N3O5S. The van der Waals surface area contributed by atoms with Crippen molar-refractivity contribution in [1.29, 1.82) is 0 Å². The highest BCUT2D eigenvalue weighted by Crippen LogP contribution is 2.20. The number of aromatic nitrogens is 2. The number of Topliss-reactive ketones (excluding diaryl/α,β-unsaturated/α-hetero) is 1. The number of H-pyrrole nitrogens is 1. The minimum atomic E-state index is -0.926. The molecule has 0 saturated heterocycles. The van der Waals surface area contributed by atoms with Gasteiger partial charge in [0.1, 0.15) is 5.76 Å². The number of aryl methyl sites for hydroxylation is 1. The molecule has 152 valence electrons. The van der Waals surface area contributed by atoms with Crippen molar-refractivity contribution < 1.29 is 23.6 Å². The highest BCUT2D eigenvalue weighted by molar-refractivity contribution is 8.01. The van der Waals surface area contributed by atoms with E-state index in [2.05, 4.69) is 15.5 Å². The Morgan fingerprint density at radius 2 is 2.03 bits per heavy atom. The van der Waals surface area contributed by atoms with Gasteiger partial charge in [0.25, 0.3) is 0 Å². The summed E-state index contributed by atoms with van der Waals surface area (Å²) in [6.07, 6.45) is 0.689. The molecule has 9 heteroatoms. The summed E-state index contributed by atoms with van der Waals surface area (Å²) in [5.74, 6) is -0.309. The SMILES string of the molecule is Cc1cc(NC(=O)[C@@H](C)SCC(=O)O[C@H](C)C(=O)c2c[nH]c3ccccc23)no1. The summed E-state index contributed by atoms with van der Waals surface area (Å²) in [6.45, 7) is 4.92. The maximum absolute atomic E-state index is 12.6. The van der Waals surface area contributed by atoms with Crippen molar-refractivity contribution in [3.8, 4) is 0 Å². The lowest BCUT2D eigenvalue weighted by molar-refractivity contribution is -0.143. The smallest absolute Gasteiger partial charge is 0.316 e. The standard InChI is InChI=1S/C20H21N3O5S/c1-11-8-17(23-28-11)22-20(26)13(3)29-10-18(24)27-12(2)19(25)15-9-21-16-7-5-4-6-14(15)16/h4-9,12-13,21H,10H2,1-3H3,(H,22,23,26)/t12-,13-/m1/s1. The molecule has 29 heavy (non-hydrogen) atoms. The minimum absolute atomic E-state index is 0.0576.